The van der Waals surface area contributed by atoms with E-state index in [9.17, 15) is 4.79 Å². The Balaban J connectivity index is 2.29. The van der Waals surface area contributed by atoms with E-state index in [2.05, 4.69) is 24.0 Å². The van der Waals surface area contributed by atoms with Crippen molar-refractivity contribution in [2.75, 3.05) is 6.54 Å². The van der Waals surface area contributed by atoms with Gasteiger partial charge in [0, 0.05) is 29.9 Å². The predicted molar refractivity (Wildman–Crippen MR) is 98.1 cm³/mol. The summed E-state index contributed by atoms with van der Waals surface area (Å²) in [7, 11) is 0. The Kier molecular flexibility index (Phi) is 4.49. The molecule has 3 rings (SSSR count). The van der Waals surface area contributed by atoms with E-state index in [1.807, 2.05) is 36.7 Å². The van der Waals surface area contributed by atoms with E-state index in [1.54, 1.807) is 12.4 Å². The minimum absolute atomic E-state index is 0.0599. The molecule has 0 unspecified atom stereocenters. The van der Waals surface area contributed by atoms with Crippen molar-refractivity contribution < 1.29 is 4.79 Å². The summed E-state index contributed by atoms with van der Waals surface area (Å²) >= 11 is 0. The van der Waals surface area contributed by atoms with Gasteiger partial charge in [-0.1, -0.05) is 26.0 Å². The fraction of sp³-hybridized carbons (Fsp3) is 0.300. The highest BCUT2D eigenvalue weighted by Gasteiger charge is 2.19. The third-order valence-corrected chi connectivity index (χ3v) is 4.44. The van der Waals surface area contributed by atoms with Crippen LogP contribution in [0, 0.1) is 12.8 Å². The summed E-state index contributed by atoms with van der Waals surface area (Å²) < 4.78 is 1.81. The normalized spacial score (nSPS) is 11.4. The van der Waals surface area contributed by atoms with Gasteiger partial charge >= 0.3 is 0 Å². The van der Waals surface area contributed by atoms with Gasteiger partial charge in [0.25, 0.3) is 0 Å². The fourth-order valence-corrected chi connectivity index (χ4v) is 3.21. The van der Waals surface area contributed by atoms with Crippen LogP contribution in [0.25, 0.3) is 22.0 Å². The molecular formula is C20H23N3O. The Morgan fingerprint density at radius 1 is 1.21 bits per heavy atom. The number of fused-ring (bicyclic) bond motifs is 1. The summed E-state index contributed by atoms with van der Waals surface area (Å²) in [5.41, 5.74) is 11.2. The number of aryl methyl sites for hydroxylation is 1. The van der Waals surface area contributed by atoms with Crippen molar-refractivity contribution in [1.29, 1.82) is 0 Å². The number of aromatic nitrogens is 2. The zero-order chi connectivity index (χ0) is 17.3. The van der Waals surface area contributed by atoms with Gasteiger partial charge in [-0.25, -0.2) is 0 Å². The molecule has 4 heteroatoms. The number of pyridine rings is 1. The summed E-state index contributed by atoms with van der Waals surface area (Å²) in [6, 6.07) is 8.21. The molecule has 0 atom stereocenters. The van der Waals surface area contributed by atoms with Gasteiger partial charge in [0.2, 0.25) is 5.91 Å². The van der Waals surface area contributed by atoms with Crippen molar-refractivity contribution in [2.45, 2.75) is 27.2 Å². The van der Waals surface area contributed by atoms with Crippen LogP contribution in [-0.4, -0.2) is 22.0 Å². The van der Waals surface area contributed by atoms with Crippen LogP contribution in [0.1, 0.15) is 29.8 Å². The van der Waals surface area contributed by atoms with Crippen molar-refractivity contribution in [3.63, 3.8) is 0 Å². The molecule has 0 fully saturated rings. The molecule has 24 heavy (non-hydrogen) atoms. The van der Waals surface area contributed by atoms with Gasteiger partial charge < -0.3 is 5.73 Å². The lowest BCUT2D eigenvalue weighted by Crippen LogP contribution is -2.16. The number of nitrogens with two attached hydrogens (primary N) is 1. The second kappa shape index (κ2) is 6.57. The molecule has 0 aliphatic carbocycles. The second-order valence-electron chi connectivity index (χ2n) is 6.43. The average molecular weight is 321 g/mol. The minimum Gasteiger partial charge on any atom is -0.330 e. The quantitative estimate of drug-likeness (QED) is 0.795. The van der Waals surface area contributed by atoms with Gasteiger partial charge in [-0.05, 0) is 54.3 Å². The summed E-state index contributed by atoms with van der Waals surface area (Å²) in [4.78, 5) is 16.8. The molecule has 0 aliphatic rings. The molecule has 124 valence electrons. The van der Waals surface area contributed by atoms with E-state index in [4.69, 9.17) is 5.73 Å². The molecule has 0 saturated heterocycles. The standard InChI is InChI=1S/C20H23N3O/c1-13(2)20(24)23-12-16(6-9-21)18-5-4-17(14(3)19(18)23)15-7-10-22-11-8-15/h4-5,7-8,10-13H,6,9,21H2,1-3H3. The second-order valence-corrected chi connectivity index (χ2v) is 6.43. The average Bonchev–Trinajstić information content (AvgIpc) is 2.95. The number of benzene rings is 1. The molecule has 0 aliphatic heterocycles. The lowest BCUT2D eigenvalue weighted by Gasteiger charge is -2.12. The van der Waals surface area contributed by atoms with E-state index in [1.165, 1.54) is 0 Å². The highest BCUT2D eigenvalue weighted by molar-refractivity contribution is 5.99. The first-order chi connectivity index (χ1) is 11.5. The van der Waals surface area contributed by atoms with Gasteiger partial charge in [-0.2, -0.15) is 0 Å². The topological polar surface area (TPSA) is 60.9 Å². The van der Waals surface area contributed by atoms with E-state index < -0.39 is 0 Å². The number of nitrogens with zero attached hydrogens (tertiary/aromatic N) is 2. The third-order valence-electron chi connectivity index (χ3n) is 4.44. The van der Waals surface area contributed by atoms with Gasteiger partial charge in [0.1, 0.15) is 0 Å². The number of hydrogen-bond donors (Lipinski definition) is 1. The summed E-state index contributed by atoms with van der Waals surface area (Å²) in [5, 5.41) is 1.12. The number of rotatable bonds is 4. The van der Waals surface area contributed by atoms with Crippen LogP contribution >= 0.6 is 0 Å². The van der Waals surface area contributed by atoms with E-state index in [-0.39, 0.29) is 11.8 Å². The van der Waals surface area contributed by atoms with Gasteiger partial charge in [-0.15, -0.1) is 0 Å². The van der Waals surface area contributed by atoms with E-state index in [0.717, 1.165) is 39.6 Å². The van der Waals surface area contributed by atoms with Crippen LogP contribution in [0.3, 0.4) is 0 Å². The van der Waals surface area contributed by atoms with Gasteiger partial charge in [0.05, 0.1) is 5.52 Å². The minimum atomic E-state index is -0.0599. The van der Waals surface area contributed by atoms with Gasteiger partial charge in [-0.3, -0.25) is 14.3 Å². The summed E-state index contributed by atoms with van der Waals surface area (Å²) in [6.07, 6.45) is 6.31. The van der Waals surface area contributed by atoms with E-state index in [0.29, 0.717) is 6.54 Å². The molecule has 2 N–H and O–H groups in total. The SMILES string of the molecule is Cc1c(-c2ccncc2)ccc2c(CCN)cn(C(=O)C(C)C)c12. The predicted octanol–water partition coefficient (Wildman–Crippen LogP) is 3.81. The maximum atomic E-state index is 12.7. The molecule has 2 aromatic heterocycles. The zero-order valence-corrected chi connectivity index (χ0v) is 14.4. The summed E-state index contributed by atoms with van der Waals surface area (Å²) in [6.45, 7) is 6.51. The Morgan fingerprint density at radius 3 is 2.54 bits per heavy atom. The van der Waals surface area contributed by atoms with Crippen LogP contribution in [0.4, 0.5) is 0 Å². The van der Waals surface area contributed by atoms with Crippen molar-refractivity contribution in [3.05, 3.63) is 54.0 Å². The zero-order valence-electron chi connectivity index (χ0n) is 14.4. The number of carbonyl (C=O) groups is 1. The summed E-state index contributed by atoms with van der Waals surface area (Å²) in [5.74, 6) is 0.0496. The smallest absolute Gasteiger partial charge is 0.233 e. The van der Waals surface area contributed by atoms with Crippen LogP contribution in [0.2, 0.25) is 0 Å². The van der Waals surface area contributed by atoms with Crippen LogP contribution in [-0.2, 0) is 6.42 Å². The molecule has 4 nitrogen and oxygen atoms in total. The van der Waals surface area contributed by atoms with Crippen molar-refractivity contribution in [2.24, 2.45) is 11.7 Å². The first kappa shape index (κ1) is 16.4. The Morgan fingerprint density at radius 2 is 1.92 bits per heavy atom. The number of hydrogen-bond acceptors (Lipinski definition) is 3. The molecule has 0 amide bonds. The first-order valence-electron chi connectivity index (χ1n) is 8.32. The molecule has 0 saturated carbocycles. The monoisotopic (exact) mass is 321 g/mol. The van der Waals surface area contributed by atoms with Crippen molar-refractivity contribution >= 4 is 16.8 Å². The molecule has 0 radical (unpaired) electrons. The molecule has 2 heterocycles. The van der Waals surface area contributed by atoms with E-state index >= 15 is 0 Å². The fourth-order valence-electron chi connectivity index (χ4n) is 3.21. The number of carbonyl (C=O) groups excluding carboxylic acids is 1. The lowest BCUT2D eigenvalue weighted by atomic mass is 9.97. The van der Waals surface area contributed by atoms with Crippen LogP contribution < -0.4 is 5.73 Å². The first-order valence-corrected chi connectivity index (χ1v) is 8.32. The molecule has 0 spiro atoms. The highest BCUT2D eigenvalue weighted by Crippen LogP contribution is 2.33. The van der Waals surface area contributed by atoms with Crippen LogP contribution in [0.5, 0.6) is 0 Å². The Labute approximate surface area is 142 Å². The van der Waals surface area contributed by atoms with Crippen LogP contribution in [0.15, 0.2) is 42.9 Å². The maximum absolute atomic E-state index is 12.7. The highest BCUT2D eigenvalue weighted by atomic mass is 16.2. The third kappa shape index (κ3) is 2.74. The molecule has 0 bridgehead atoms. The lowest BCUT2D eigenvalue weighted by molar-refractivity contribution is 0.0860. The Bertz CT molecular complexity index is 879. The Hall–Kier alpha value is -2.46. The van der Waals surface area contributed by atoms with Crippen molar-refractivity contribution in [1.82, 2.24) is 9.55 Å². The molecular weight excluding hydrogens is 298 g/mol. The van der Waals surface area contributed by atoms with Crippen molar-refractivity contribution in [3.8, 4) is 11.1 Å². The largest absolute Gasteiger partial charge is 0.330 e. The molecule has 3 aromatic rings. The maximum Gasteiger partial charge on any atom is 0.233 e. The van der Waals surface area contributed by atoms with Gasteiger partial charge in [0.15, 0.2) is 0 Å². The molecule has 1 aromatic carbocycles.